The van der Waals surface area contributed by atoms with Gasteiger partial charge in [-0.15, -0.1) is 11.3 Å². The second-order valence-corrected chi connectivity index (χ2v) is 6.66. The standard InChI is InChI=1S/C17H22N2O3S/c1-12(15-11-23-16-6-4-3-5-14(15)16)18-17(20)19-7-8-22-13(9-19)10-21-2/h3-6,11-13H,7-10H2,1-2H3,(H,18,20)/t12-,13+/m0/s1. The summed E-state index contributed by atoms with van der Waals surface area (Å²) >= 11 is 1.71. The summed E-state index contributed by atoms with van der Waals surface area (Å²) in [5.41, 5.74) is 1.17. The minimum Gasteiger partial charge on any atom is -0.382 e. The molecule has 2 heterocycles. The number of methoxy groups -OCH3 is 1. The number of benzene rings is 1. The first-order chi connectivity index (χ1) is 11.2. The third-order valence-corrected chi connectivity index (χ3v) is 5.08. The van der Waals surface area contributed by atoms with E-state index in [-0.39, 0.29) is 18.2 Å². The van der Waals surface area contributed by atoms with Crippen LogP contribution in [-0.4, -0.2) is 50.4 Å². The summed E-state index contributed by atoms with van der Waals surface area (Å²) in [6.07, 6.45) is -0.0446. The SMILES string of the molecule is COC[C@H]1CN(C(=O)N[C@@H](C)c2csc3ccccc23)CCO1. The number of fused-ring (bicyclic) bond motifs is 1. The van der Waals surface area contributed by atoms with E-state index in [1.165, 1.54) is 15.6 Å². The largest absolute Gasteiger partial charge is 0.382 e. The average Bonchev–Trinajstić information content (AvgIpc) is 2.99. The zero-order valence-corrected chi connectivity index (χ0v) is 14.3. The number of hydrogen-bond acceptors (Lipinski definition) is 4. The summed E-state index contributed by atoms with van der Waals surface area (Å²) < 4.78 is 11.9. The van der Waals surface area contributed by atoms with Crippen molar-refractivity contribution in [3.8, 4) is 0 Å². The normalized spacial score (nSPS) is 19.7. The fourth-order valence-electron chi connectivity index (χ4n) is 2.88. The van der Waals surface area contributed by atoms with Crippen LogP contribution in [0.25, 0.3) is 10.1 Å². The predicted octanol–water partition coefficient (Wildman–Crippen LogP) is 3.02. The number of carbonyl (C=O) groups is 1. The Bertz CT molecular complexity index is 671. The van der Waals surface area contributed by atoms with Crippen molar-refractivity contribution in [1.82, 2.24) is 10.2 Å². The topological polar surface area (TPSA) is 50.8 Å². The van der Waals surface area contributed by atoms with E-state index in [0.29, 0.717) is 26.3 Å². The van der Waals surface area contributed by atoms with Gasteiger partial charge < -0.3 is 19.7 Å². The summed E-state index contributed by atoms with van der Waals surface area (Å²) in [6.45, 7) is 4.27. The van der Waals surface area contributed by atoms with Crippen molar-refractivity contribution in [3.05, 3.63) is 35.2 Å². The molecule has 1 fully saturated rings. The van der Waals surface area contributed by atoms with Gasteiger partial charge in [-0.25, -0.2) is 4.79 Å². The minimum atomic E-state index is -0.0446. The highest BCUT2D eigenvalue weighted by molar-refractivity contribution is 7.17. The fraction of sp³-hybridized carbons (Fsp3) is 0.471. The van der Waals surface area contributed by atoms with Crippen molar-refractivity contribution in [3.63, 3.8) is 0 Å². The van der Waals surface area contributed by atoms with Gasteiger partial charge in [0.2, 0.25) is 0 Å². The lowest BCUT2D eigenvalue weighted by molar-refractivity contribution is -0.0496. The Morgan fingerprint density at radius 3 is 3.17 bits per heavy atom. The monoisotopic (exact) mass is 334 g/mol. The van der Waals surface area contributed by atoms with Gasteiger partial charge in [0, 0.05) is 18.4 Å². The van der Waals surface area contributed by atoms with Crippen molar-refractivity contribution >= 4 is 27.5 Å². The fourth-order valence-corrected chi connectivity index (χ4v) is 3.93. The zero-order chi connectivity index (χ0) is 16.2. The van der Waals surface area contributed by atoms with Crippen LogP contribution in [0.4, 0.5) is 4.79 Å². The van der Waals surface area contributed by atoms with E-state index in [0.717, 1.165) is 0 Å². The number of nitrogens with zero attached hydrogens (tertiary/aromatic N) is 1. The summed E-state index contributed by atoms with van der Waals surface area (Å²) in [7, 11) is 1.64. The summed E-state index contributed by atoms with van der Waals surface area (Å²) in [4.78, 5) is 14.3. The van der Waals surface area contributed by atoms with Crippen LogP contribution in [0.1, 0.15) is 18.5 Å². The van der Waals surface area contributed by atoms with E-state index >= 15 is 0 Å². The Labute approximate surface area is 140 Å². The Kier molecular flexibility index (Phi) is 5.15. The maximum Gasteiger partial charge on any atom is 0.318 e. The van der Waals surface area contributed by atoms with Gasteiger partial charge in [-0.2, -0.15) is 0 Å². The Morgan fingerprint density at radius 1 is 1.52 bits per heavy atom. The lowest BCUT2D eigenvalue weighted by Gasteiger charge is -2.33. The second-order valence-electron chi connectivity index (χ2n) is 5.75. The Morgan fingerprint density at radius 2 is 2.35 bits per heavy atom. The van der Waals surface area contributed by atoms with Crippen molar-refractivity contribution in [2.24, 2.45) is 0 Å². The van der Waals surface area contributed by atoms with Gasteiger partial charge in [-0.1, -0.05) is 18.2 Å². The van der Waals surface area contributed by atoms with Gasteiger partial charge in [0.15, 0.2) is 0 Å². The molecule has 1 aromatic heterocycles. The molecule has 0 spiro atoms. The zero-order valence-electron chi connectivity index (χ0n) is 13.5. The maximum atomic E-state index is 12.5. The molecule has 3 rings (SSSR count). The molecule has 1 saturated heterocycles. The summed E-state index contributed by atoms with van der Waals surface area (Å²) in [5, 5.41) is 6.44. The first kappa shape index (κ1) is 16.2. The highest BCUT2D eigenvalue weighted by Gasteiger charge is 2.25. The average molecular weight is 334 g/mol. The molecule has 0 unspecified atom stereocenters. The predicted molar refractivity (Wildman–Crippen MR) is 92.0 cm³/mol. The van der Waals surface area contributed by atoms with Crippen molar-refractivity contribution in [2.45, 2.75) is 19.1 Å². The highest BCUT2D eigenvalue weighted by atomic mass is 32.1. The van der Waals surface area contributed by atoms with Crippen LogP contribution in [0.5, 0.6) is 0 Å². The number of morpholine rings is 1. The number of rotatable bonds is 4. The Hall–Kier alpha value is -1.63. The molecule has 1 aromatic carbocycles. The number of thiophene rings is 1. The van der Waals surface area contributed by atoms with Crippen LogP contribution < -0.4 is 5.32 Å². The number of carbonyl (C=O) groups excluding carboxylic acids is 1. The van der Waals surface area contributed by atoms with E-state index in [1.807, 2.05) is 19.1 Å². The van der Waals surface area contributed by atoms with Gasteiger partial charge >= 0.3 is 6.03 Å². The molecule has 6 heteroatoms. The quantitative estimate of drug-likeness (QED) is 0.935. The van der Waals surface area contributed by atoms with Gasteiger partial charge in [-0.3, -0.25) is 0 Å². The third-order valence-electron chi connectivity index (χ3n) is 4.10. The molecule has 1 aliphatic heterocycles. The van der Waals surface area contributed by atoms with Crippen molar-refractivity contribution in [1.29, 1.82) is 0 Å². The minimum absolute atomic E-state index is 0.0256. The van der Waals surface area contributed by atoms with Crippen LogP contribution in [-0.2, 0) is 9.47 Å². The Balaban J connectivity index is 1.65. The number of urea groups is 1. The first-order valence-electron chi connectivity index (χ1n) is 7.81. The molecule has 0 saturated carbocycles. The van der Waals surface area contributed by atoms with Gasteiger partial charge in [0.1, 0.15) is 0 Å². The number of ether oxygens (including phenoxy) is 2. The van der Waals surface area contributed by atoms with Crippen molar-refractivity contribution < 1.29 is 14.3 Å². The molecule has 0 radical (unpaired) electrons. The first-order valence-corrected chi connectivity index (χ1v) is 8.69. The lowest BCUT2D eigenvalue weighted by Crippen LogP contribution is -2.51. The molecule has 0 bridgehead atoms. The molecule has 124 valence electrons. The molecule has 2 aromatic rings. The highest BCUT2D eigenvalue weighted by Crippen LogP contribution is 2.30. The van der Waals surface area contributed by atoms with Gasteiger partial charge in [0.25, 0.3) is 0 Å². The molecule has 1 aliphatic rings. The third kappa shape index (κ3) is 3.65. The molecule has 2 atom stereocenters. The van der Waals surface area contributed by atoms with Crippen LogP contribution in [0, 0.1) is 0 Å². The maximum absolute atomic E-state index is 12.5. The molecule has 23 heavy (non-hydrogen) atoms. The second kappa shape index (κ2) is 7.29. The number of amides is 2. The number of hydrogen-bond donors (Lipinski definition) is 1. The molecule has 5 nitrogen and oxygen atoms in total. The molecular formula is C17H22N2O3S. The number of nitrogens with one attached hydrogen (secondary N) is 1. The van der Waals surface area contributed by atoms with Crippen LogP contribution in [0.2, 0.25) is 0 Å². The van der Waals surface area contributed by atoms with E-state index < -0.39 is 0 Å². The van der Waals surface area contributed by atoms with Crippen LogP contribution in [0.3, 0.4) is 0 Å². The molecule has 0 aliphatic carbocycles. The van der Waals surface area contributed by atoms with Crippen LogP contribution >= 0.6 is 11.3 Å². The molecule has 1 N–H and O–H groups in total. The summed E-state index contributed by atoms with van der Waals surface area (Å²) in [5.74, 6) is 0. The van der Waals surface area contributed by atoms with Gasteiger partial charge in [0.05, 0.1) is 31.9 Å². The smallest absolute Gasteiger partial charge is 0.318 e. The van der Waals surface area contributed by atoms with Gasteiger partial charge in [-0.05, 0) is 29.3 Å². The molecule has 2 amide bonds. The van der Waals surface area contributed by atoms with E-state index in [9.17, 15) is 4.79 Å². The van der Waals surface area contributed by atoms with Crippen LogP contribution in [0.15, 0.2) is 29.6 Å². The lowest BCUT2D eigenvalue weighted by atomic mass is 10.1. The molecular weight excluding hydrogens is 312 g/mol. The van der Waals surface area contributed by atoms with E-state index in [4.69, 9.17) is 9.47 Å². The van der Waals surface area contributed by atoms with E-state index in [1.54, 1.807) is 23.3 Å². The van der Waals surface area contributed by atoms with Crippen molar-refractivity contribution in [2.75, 3.05) is 33.4 Å². The summed E-state index contributed by atoms with van der Waals surface area (Å²) in [6, 6.07) is 8.21. The van der Waals surface area contributed by atoms with E-state index in [2.05, 4.69) is 22.8 Å².